The topological polar surface area (TPSA) is 56.1 Å². The Balaban J connectivity index is 1.41. The average Bonchev–Trinajstić information content (AvgIpc) is 2.79. The smallest absolute Gasteiger partial charge is 0.353 e. The van der Waals surface area contributed by atoms with Crippen LogP contribution in [0.1, 0.15) is 68.9 Å². The molecule has 0 bridgehead atoms. The van der Waals surface area contributed by atoms with E-state index in [1.165, 1.54) is 12.1 Å². The molecule has 1 aromatic carbocycles. The lowest BCUT2D eigenvalue weighted by molar-refractivity contribution is -0.140. The molecule has 180 valence electrons. The van der Waals surface area contributed by atoms with E-state index in [0.717, 1.165) is 44.7 Å². The zero-order chi connectivity index (χ0) is 23.8. The summed E-state index contributed by atoms with van der Waals surface area (Å²) in [6.45, 7) is 2.22. The van der Waals surface area contributed by atoms with Crippen LogP contribution < -0.4 is 5.32 Å². The van der Waals surface area contributed by atoms with Crippen molar-refractivity contribution in [1.82, 2.24) is 10.2 Å². The third-order valence-electron chi connectivity index (χ3n) is 6.70. The van der Waals surface area contributed by atoms with Crippen molar-refractivity contribution in [2.45, 2.75) is 70.0 Å². The van der Waals surface area contributed by atoms with Crippen molar-refractivity contribution >= 4 is 11.5 Å². The van der Waals surface area contributed by atoms with E-state index in [0.29, 0.717) is 50.3 Å². The Morgan fingerprint density at radius 1 is 1.21 bits per heavy atom. The molecule has 2 aliphatic rings. The Morgan fingerprint density at radius 2 is 1.97 bits per heavy atom. The van der Waals surface area contributed by atoms with Gasteiger partial charge in [0, 0.05) is 37.5 Å². The van der Waals surface area contributed by atoms with Crippen LogP contribution in [0.2, 0.25) is 0 Å². The van der Waals surface area contributed by atoms with Gasteiger partial charge in [0.1, 0.15) is 5.82 Å². The molecule has 0 radical (unpaired) electrons. The maximum absolute atomic E-state index is 14.4. The second kappa shape index (κ2) is 11.6. The minimum absolute atomic E-state index is 0.0295. The van der Waals surface area contributed by atoms with Crippen LogP contribution in [0.5, 0.6) is 0 Å². The highest BCUT2D eigenvalue weighted by Crippen LogP contribution is 2.35. The number of nitrogens with zero attached hydrogens (tertiary/aromatic N) is 2. The molecule has 0 unspecified atom stereocenters. The van der Waals surface area contributed by atoms with E-state index in [-0.39, 0.29) is 17.5 Å². The molecule has 1 saturated carbocycles. The van der Waals surface area contributed by atoms with Crippen molar-refractivity contribution < 1.29 is 22.4 Å². The van der Waals surface area contributed by atoms with Gasteiger partial charge in [0.25, 0.3) is 0 Å². The number of halogens is 4. The lowest BCUT2D eigenvalue weighted by Crippen LogP contribution is -2.38. The number of hydrogen-bond donors (Lipinski definition) is 1. The van der Waals surface area contributed by atoms with E-state index in [2.05, 4.69) is 10.2 Å². The normalized spacial score (nSPS) is 21.8. The maximum atomic E-state index is 14.4. The quantitative estimate of drug-likeness (QED) is 0.396. The summed E-state index contributed by atoms with van der Waals surface area (Å²) in [7, 11) is 0. The predicted molar refractivity (Wildman–Crippen MR) is 118 cm³/mol. The zero-order valence-corrected chi connectivity index (χ0v) is 18.8. The fraction of sp³-hybridized carbons (Fsp3) is 0.600. The summed E-state index contributed by atoms with van der Waals surface area (Å²) in [4.78, 5) is 14.2. The minimum Gasteiger partial charge on any atom is -0.353 e. The summed E-state index contributed by atoms with van der Waals surface area (Å²) in [5.74, 6) is -0.552. The monoisotopic (exact) mass is 465 g/mol. The second-order valence-electron chi connectivity index (χ2n) is 9.03. The summed E-state index contributed by atoms with van der Waals surface area (Å²) >= 11 is 0. The number of carbonyl (C=O) groups excluding carboxylic acids is 1. The number of nitrogens with one attached hydrogen (secondary N) is 1. The second-order valence-corrected chi connectivity index (χ2v) is 9.03. The lowest BCUT2D eigenvalue weighted by Gasteiger charge is -2.32. The van der Waals surface area contributed by atoms with Crippen molar-refractivity contribution in [1.29, 1.82) is 5.26 Å². The molecule has 3 rings (SSSR count). The Kier molecular flexibility index (Phi) is 8.90. The molecule has 0 saturated heterocycles. The summed E-state index contributed by atoms with van der Waals surface area (Å²) in [6.07, 6.45) is 4.20. The molecule has 1 heterocycles. The molecule has 0 aromatic heterocycles. The highest BCUT2D eigenvalue weighted by atomic mass is 19.4. The first-order valence-electron chi connectivity index (χ1n) is 11.7. The first-order chi connectivity index (χ1) is 15.8. The Hall–Kier alpha value is -2.40. The van der Waals surface area contributed by atoms with E-state index < -0.39 is 17.6 Å². The summed E-state index contributed by atoms with van der Waals surface area (Å²) in [5.41, 5.74) is -0.518. The van der Waals surface area contributed by atoms with Crippen molar-refractivity contribution in [2.75, 3.05) is 19.6 Å². The van der Waals surface area contributed by atoms with Gasteiger partial charge in [-0.05, 0) is 69.0 Å². The third kappa shape index (κ3) is 7.29. The van der Waals surface area contributed by atoms with E-state index in [4.69, 9.17) is 5.26 Å². The van der Waals surface area contributed by atoms with Crippen molar-refractivity contribution in [3.8, 4) is 6.07 Å². The summed E-state index contributed by atoms with van der Waals surface area (Å²) in [6, 6.07) is 5.74. The fourth-order valence-electron chi connectivity index (χ4n) is 4.75. The van der Waals surface area contributed by atoms with E-state index in [1.54, 1.807) is 0 Å². The van der Waals surface area contributed by atoms with Gasteiger partial charge in [-0.15, -0.1) is 0 Å². The maximum Gasteiger partial charge on any atom is 0.419 e. The van der Waals surface area contributed by atoms with Gasteiger partial charge in [-0.2, -0.15) is 18.4 Å². The molecule has 0 spiro atoms. The SMILES string of the molecule is N#CCCCC(=O)NC1CCC(CCN2CC=C(c3cccc(C(F)(F)F)c3F)CC2)CC1. The summed E-state index contributed by atoms with van der Waals surface area (Å²) in [5, 5.41) is 11.6. The molecule has 1 N–H and O–H groups in total. The Morgan fingerprint density at radius 3 is 2.61 bits per heavy atom. The van der Waals surface area contributed by atoms with Gasteiger partial charge in [-0.1, -0.05) is 18.2 Å². The van der Waals surface area contributed by atoms with Gasteiger partial charge in [0.15, 0.2) is 0 Å². The van der Waals surface area contributed by atoms with Crippen molar-refractivity contribution in [3.05, 3.63) is 41.2 Å². The van der Waals surface area contributed by atoms with E-state index in [1.807, 2.05) is 12.1 Å². The highest BCUT2D eigenvalue weighted by molar-refractivity contribution is 5.76. The lowest BCUT2D eigenvalue weighted by atomic mass is 9.84. The number of alkyl halides is 3. The van der Waals surface area contributed by atoms with Crippen molar-refractivity contribution in [2.24, 2.45) is 5.92 Å². The molecular weight excluding hydrogens is 434 g/mol. The molecule has 1 fully saturated rings. The van der Waals surface area contributed by atoms with Crippen LogP contribution in [-0.2, 0) is 11.0 Å². The van der Waals surface area contributed by atoms with Crippen LogP contribution in [0.15, 0.2) is 24.3 Å². The molecule has 4 nitrogen and oxygen atoms in total. The number of nitriles is 1. The number of rotatable bonds is 8. The highest BCUT2D eigenvalue weighted by Gasteiger charge is 2.35. The van der Waals surface area contributed by atoms with Crippen LogP contribution in [0, 0.1) is 23.1 Å². The molecule has 1 aliphatic heterocycles. The number of unbranched alkanes of at least 4 members (excludes halogenated alkanes) is 1. The largest absolute Gasteiger partial charge is 0.419 e. The molecule has 0 atom stereocenters. The molecule has 33 heavy (non-hydrogen) atoms. The third-order valence-corrected chi connectivity index (χ3v) is 6.70. The first-order valence-corrected chi connectivity index (χ1v) is 11.7. The van der Waals surface area contributed by atoms with Gasteiger partial charge in [0.2, 0.25) is 5.91 Å². The van der Waals surface area contributed by atoms with Crippen molar-refractivity contribution in [3.63, 3.8) is 0 Å². The minimum atomic E-state index is -4.69. The van der Waals surface area contributed by atoms with Crippen LogP contribution >= 0.6 is 0 Å². The average molecular weight is 466 g/mol. The van der Waals surface area contributed by atoms with Crippen LogP contribution in [0.3, 0.4) is 0 Å². The number of benzene rings is 1. The Bertz CT molecular complexity index is 883. The van der Waals surface area contributed by atoms with Gasteiger partial charge < -0.3 is 5.32 Å². The molecule has 1 aromatic rings. The predicted octanol–water partition coefficient (Wildman–Crippen LogP) is 5.69. The zero-order valence-electron chi connectivity index (χ0n) is 18.8. The number of amides is 1. The fourth-order valence-corrected chi connectivity index (χ4v) is 4.75. The molecule has 8 heteroatoms. The van der Waals surface area contributed by atoms with Gasteiger partial charge in [-0.3, -0.25) is 9.69 Å². The van der Waals surface area contributed by atoms with Crippen LogP contribution in [0.4, 0.5) is 17.6 Å². The van der Waals surface area contributed by atoms with Crippen LogP contribution in [-0.4, -0.2) is 36.5 Å². The van der Waals surface area contributed by atoms with E-state index >= 15 is 0 Å². The number of carbonyl (C=O) groups is 1. The molecular formula is C25H31F4N3O. The van der Waals surface area contributed by atoms with Crippen LogP contribution in [0.25, 0.3) is 5.57 Å². The summed E-state index contributed by atoms with van der Waals surface area (Å²) < 4.78 is 53.4. The van der Waals surface area contributed by atoms with Gasteiger partial charge in [0.05, 0.1) is 11.6 Å². The van der Waals surface area contributed by atoms with Gasteiger partial charge >= 0.3 is 6.18 Å². The Labute approximate surface area is 192 Å². The molecule has 1 amide bonds. The standard InChI is InChI=1S/C25H31F4N3O/c26-24-21(4-3-5-22(24)25(27,28)29)19-12-16-32(17-13-19)15-11-18-7-9-20(10-8-18)31-23(33)6-1-2-14-30/h3-5,12,18,20H,1-2,6-11,13,15-17H2,(H,31,33). The van der Waals surface area contributed by atoms with Gasteiger partial charge in [-0.25, -0.2) is 4.39 Å². The molecule has 1 aliphatic carbocycles. The number of hydrogen-bond acceptors (Lipinski definition) is 3. The first kappa shape index (κ1) is 25.2. The van der Waals surface area contributed by atoms with E-state index in [9.17, 15) is 22.4 Å².